The minimum atomic E-state index is -0.314. The summed E-state index contributed by atoms with van der Waals surface area (Å²) in [5.41, 5.74) is 3.79. The van der Waals surface area contributed by atoms with E-state index in [4.69, 9.17) is 9.78 Å². The highest BCUT2D eigenvalue weighted by atomic mass is 19.1. The highest BCUT2D eigenvalue weighted by Gasteiger charge is 2.20. The number of rotatable bonds is 9. The van der Waals surface area contributed by atoms with Gasteiger partial charge in [0.1, 0.15) is 5.82 Å². The van der Waals surface area contributed by atoms with Crippen molar-refractivity contribution in [2.24, 2.45) is 0 Å². The number of nitrogens with zero attached hydrogens (tertiary/aromatic N) is 5. The van der Waals surface area contributed by atoms with E-state index in [0.717, 1.165) is 56.7 Å². The van der Waals surface area contributed by atoms with Crippen molar-refractivity contribution in [2.75, 3.05) is 32.7 Å². The Morgan fingerprint density at radius 1 is 1.12 bits per heavy atom. The van der Waals surface area contributed by atoms with Gasteiger partial charge in [-0.25, -0.2) is 4.39 Å². The summed E-state index contributed by atoms with van der Waals surface area (Å²) in [5, 5.41) is 13.2. The zero-order chi connectivity index (χ0) is 23.9. The lowest BCUT2D eigenvalue weighted by Crippen LogP contribution is -2.46. The van der Waals surface area contributed by atoms with Crippen molar-refractivity contribution in [2.45, 2.75) is 45.6 Å². The van der Waals surface area contributed by atoms with E-state index in [1.165, 1.54) is 24.1 Å². The summed E-state index contributed by atoms with van der Waals surface area (Å²) < 4.78 is 18.8. The maximum atomic E-state index is 13.4. The molecule has 1 saturated heterocycles. The molecule has 2 aromatic carbocycles. The molecule has 1 aliphatic rings. The van der Waals surface area contributed by atoms with Crippen LogP contribution in [0.5, 0.6) is 0 Å². The molecule has 178 valence electrons. The number of aromatic nitrogens is 2. The number of hydrogen-bond acceptors (Lipinski definition) is 6. The lowest BCUT2D eigenvalue weighted by Gasteiger charge is -2.34. The van der Waals surface area contributed by atoms with E-state index < -0.39 is 0 Å². The van der Waals surface area contributed by atoms with E-state index in [2.05, 4.69) is 45.1 Å². The van der Waals surface area contributed by atoms with Gasteiger partial charge in [0.05, 0.1) is 18.2 Å². The van der Waals surface area contributed by atoms with Crippen LogP contribution in [0.3, 0.4) is 0 Å². The van der Waals surface area contributed by atoms with Crippen molar-refractivity contribution < 1.29 is 8.91 Å². The van der Waals surface area contributed by atoms with Crippen molar-refractivity contribution in [1.82, 2.24) is 19.9 Å². The second-order valence-corrected chi connectivity index (χ2v) is 9.08. The average Bonchev–Trinajstić information content (AvgIpc) is 3.31. The van der Waals surface area contributed by atoms with Gasteiger partial charge in [0.15, 0.2) is 5.82 Å². The monoisotopic (exact) mass is 461 g/mol. The van der Waals surface area contributed by atoms with Crippen LogP contribution in [0, 0.1) is 24.1 Å². The third-order valence-corrected chi connectivity index (χ3v) is 6.73. The Bertz CT molecular complexity index is 1130. The molecule has 7 heteroatoms. The van der Waals surface area contributed by atoms with E-state index in [0.29, 0.717) is 29.7 Å². The molecule has 4 rings (SSSR count). The average molecular weight is 462 g/mol. The van der Waals surface area contributed by atoms with Crippen LogP contribution in [-0.2, 0) is 6.54 Å². The second kappa shape index (κ2) is 11.4. The van der Waals surface area contributed by atoms with Crippen LogP contribution < -0.4 is 0 Å². The molecule has 0 radical (unpaired) electrons. The Hall–Kier alpha value is -3.08. The Balaban J connectivity index is 1.21. The summed E-state index contributed by atoms with van der Waals surface area (Å²) in [6.07, 6.45) is 3.44. The van der Waals surface area contributed by atoms with Gasteiger partial charge in [0, 0.05) is 31.7 Å². The Morgan fingerprint density at radius 3 is 2.62 bits per heavy atom. The van der Waals surface area contributed by atoms with Gasteiger partial charge in [0.25, 0.3) is 5.89 Å². The minimum Gasteiger partial charge on any atom is -0.334 e. The normalized spacial score (nSPS) is 15.8. The Labute approximate surface area is 201 Å². The smallest absolute Gasteiger partial charge is 0.258 e. The third kappa shape index (κ3) is 6.07. The standard InChI is InChI=1S/C27H32FN5O/c1-3-21(22-9-10-24(18-29)20(2)16-22)7-5-11-32-12-14-33(15-13-32)19-26-30-27(34-31-26)23-6-4-8-25(28)17-23/h4,6,8-10,16-17,21H,3,5,7,11-15,19H2,1-2H3. The predicted octanol–water partition coefficient (Wildman–Crippen LogP) is 5.15. The number of halogens is 1. The molecule has 2 heterocycles. The van der Waals surface area contributed by atoms with E-state index in [1.54, 1.807) is 12.1 Å². The van der Waals surface area contributed by atoms with Gasteiger partial charge in [-0.05, 0) is 74.0 Å². The number of aryl methyl sites for hydroxylation is 1. The lowest BCUT2D eigenvalue weighted by molar-refractivity contribution is 0.122. The molecule has 6 nitrogen and oxygen atoms in total. The van der Waals surface area contributed by atoms with Gasteiger partial charge in [-0.3, -0.25) is 4.90 Å². The van der Waals surface area contributed by atoms with Crippen LogP contribution in [0.2, 0.25) is 0 Å². The zero-order valence-electron chi connectivity index (χ0n) is 20.0. The van der Waals surface area contributed by atoms with Crippen LogP contribution in [0.15, 0.2) is 47.0 Å². The SMILES string of the molecule is CCC(CCCN1CCN(Cc2noc(-c3cccc(F)c3)n2)CC1)c1ccc(C#N)c(C)c1. The van der Waals surface area contributed by atoms with Crippen LogP contribution in [0.25, 0.3) is 11.5 Å². The van der Waals surface area contributed by atoms with Gasteiger partial charge in [-0.2, -0.15) is 10.2 Å². The lowest BCUT2D eigenvalue weighted by atomic mass is 9.90. The molecule has 1 aromatic heterocycles. The molecule has 1 aliphatic heterocycles. The quantitative estimate of drug-likeness (QED) is 0.439. The highest BCUT2D eigenvalue weighted by Crippen LogP contribution is 2.27. The molecule has 0 saturated carbocycles. The molecule has 0 bridgehead atoms. The largest absolute Gasteiger partial charge is 0.334 e. The first kappa shape index (κ1) is 24.1. The van der Waals surface area contributed by atoms with Crippen molar-refractivity contribution in [3.63, 3.8) is 0 Å². The third-order valence-electron chi connectivity index (χ3n) is 6.73. The van der Waals surface area contributed by atoms with Crippen molar-refractivity contribution >= 4 is 0 Å². The van der Waals surface area contributed by atoms with Crippen LogP contribution in [-0.4, -0.2) is 52.7 Å². The first-order chi connectivity index (χ1) is 16.6. The molecule has 1 atom stereocenters. The van der Waals surface area contributed by atoms with Crippen LogP contribution in [0.1, 0.15) is 54.6 Å². The molecule has 0 aliphatic carbocycles. The molecule has 0 spiro atoms. The topological polar surface area (TPSA) is 69.2 Å². The molecule has 1 fully saturated rings. The molecule has 0 N–H and O–H groups in total. The summed E-state index contributed by atoms with van der Waals surface area (Å²) in [6, 6.07) is 14.7. The number of piperazine rings is 1. The fourth-order valence-electron chi connectivity index (χ4n) is 4.66. The van der Waals surface area contributed by atoms with Crippen LogP contribution >= 0.6 is 0 Å². The van der Waals surface area contributed by atoms with Crippen molar-refractivity contribution in [1.29, 1.82) is 5.26 Å². The number of hydrogen-bond donors (Lipinski definition) is 0. The van der Waals surface area contributed by atoms with E-state index in [-0.39, 0.29) is 5.82 Å². The Kier molecular flexibility index (Phi) is 8.04. The summed E-state index contributed by atoms with van der Waals surface area (Å²) in [4.78, 5) is 9.31. The van der Waals surface area contributed by atoms with Gasteiger partial charge in [-0.1, -0.05) is 30.3 Å². The van der Waals surface area contributed by atoms with E-state index >= 15 is 0 Å². The molecule has 3 aromatic rings. The summed E-state index contributed by atoms with van der Waals surface area (Å²) in [6.45, 7) is 10.0. The number of nitriles is 1. The molecule has 1 unspecified atom stereocenters. The zero-order valence-corrected chi connectivity index (χ0v) is 20.0. The molecule has 34 heavy (non-hydrogen) atoms. The van der Waals surface area contributed by atoms with Gasteiger partial charge in [0.2, 0.25) is 0 Å². The summed E-state index contributed by atoms with van der Waals surface area (Å²) in [7, 11) is 0. The van der Waals surface area contributed by atoms with Crippen LogP contribution in [0.4, 0.5) is 4.39 Å². The fourth-order valence-corrected chi connectivity index (χ4v) is 4.66. The first-order valence-corrected chi connectivity index (χ1v) is 12.1. The Morgan fingerprint density at radius 2 is 1.91 bits per heavy atom. The summed E-state index contributed by atoms with van der Waals surface area (Å²) >= 11 is 0. The predicted molar refractivity (Wildman–Crippen MR) is 130 cm³/mol. The summed E-state index contributed by atoms with van der Waals surface area (Å²) in [5.74, 6) is 1.22. The molecular weight excluding hydrogens is 429 g/mol. The first-order valence-electron chi connectivity index (χ1n) is 12.1. The van der Waals surface area contributed by atoms with E-state index in [1.807, 2.05) is 13.0 Å². The van der Waals surface area contributed by atoms with Gasteiger partial charge < -0.3 is 9.42 Å². The number of benzene rings is 2. The second-order valence-electron chi connectivity index (χ2n) is 9.08. The van der Waals surface area contributed by atoms with Crippen molar-refractivity contribution in [3.05, 3.63) is 70.8 Å². The molecular formula is C27H32FN5O. The van der Waals surface area contributed by atoms with Crippen molar-refractivity contribution in [3.8, 4) is 17.5 Å². The fraction of sp³-hybridized carbons (Fsp3) is 0.444. The minimum absolute atomic E-state index is 0.314. The van der Waals surface area contributed by atoms with Gasteiger partial charge in [-0.15, -0.1) is 0 Å². The van der Waals surface area contributed by atoms with Gasteiger partial charge >= 0.3 is 0 Å². The molecule has 0 amide bonds. The van der Waals surface area contributed by atoms with E-state index in [9.17, 15) is 4.39 Å². The highest BCUT2D eigenvalue weighted by molar-refractivity contribution is 5.52. The maximum Gasteiger partial charge on any atom is 0.258 e. The maximum absolute atomic E-state index is 13.4.